The first-order valence-corrected chi connectivity index (χ1v) is 7.08. The van der Waals surface area contributed by atoms with E-state index in [0.29, 0.717) is 5.56 Å². The number of rotatable bonds is 2. The zero-order chi connectivity index (χ0) is 14.8. The molecule has 0 atom stereocenters. The van der Waals surface area contributed by atoms with E-state index in [1.807, 2.05) is 19.1 Å². The molecule has 1 amide bonds. The summed E-state index contributed by atoms with van der Waals surface area (Å²) in [5, 5.41) is 5.93. The van der Waals surface area contributed by atoms with E-state index in [1.54, 1.807) is 18.2 Å². The first-order valence-electron chi connectivity index (χ1n) is 7.08. The van der Waals surface area contributed by atoms with Crippen molar-refractivity contribution in [3.63, 3.8) is 0 Å². The summed E-state index contributed by atoms with van der Waals surface area (Å²) in [7, 11) is 0. The van der Waals surface area contributed by atoms with E-state index in [0.717, 1.165) is 36.2 Å². The van der Waals surface area contributed by atoms with Gasteiger partial charge in [-0.1, -0.05) is 6.07 Å². The van der Waals surface area contributed by atoms with Crippen molar-refractivity contribution < 1.29 is 9.18 Å². The zero-order valence-corrected chi connectivity index (χ0v) is 11.9. The first kappa shape index (κ1) is 13.6. The van der Waals surface area contributed by atoms with Crippen molar-refractivity contribution in [1.29, 1.82) is 0 Å². The molecule has 3 nitrogen and oxygen atoms in total. The molecule has 0 fully saturated rings. The number of fused-ring (bicyclic) bond motifs is 1. The topological polar surface area (TPSA) is 41.1 Å². The molecule has 2 aromatic rings. The molecule has 1 heterocycles. The Bertz CT molecular complexity index is 697. The molecule has 0 aromatic heterocycles. The third kappa shape index (κ3) is 2.89. The van der Waals surface area contributed by atoms with E-state index < -0.39 is 5.82 Å². The second-order valence-corrected chi connectivity index (χ2v) is 5.34. The van der Waals surface area contributed by atoms with Crippen LogP contribution in [0.1, 0.15) is 27.9 Å². The number of anilines is 2. The summed E-state index contributed by atoms with van der Waals surface area (Å²) < 4.78 is 13.8. The number of amides is 1. The number of hydrogen-bond donors (Lipinski definition) is 2. The minimum atomic E-state index is -0.414. The molecular weight excluding hydrogens is 267 g/mol. The Kier molecular flexibility index (Phi) is 3.60. The lowest BCUT2D eigenvalue weighted by Gasteiger charge is -2.18. The molecule has 0 spiro atoms. The van der Waals surface area contributed by atoms with Gasteiger partial charge in [-0.2, -0.15) is 0 Å². The van der Waals surface area contributed by atoms with Gasteiger partial charge >= 0.3 is 0 Å². The van der Waals surface area contributed by atoms with Crippen LogP contribution in [0, 0.1) is 12.7 Å². The Morgan fingerprint density at radius 3 is 2.90 bits per heavy atom. The predicted octanol–water partition coefficient (Wildman–Crippen LogP) is 3.74. The molecular formula is C17H17FN2O. The zero-order valence-electron chi connectivity index (χ0n) is 11.9. The van der Waals surface area contributed by atoms with Gasteiger partial charge in [-0.25, -0.2) is 4.39 Å². The summed E-state index contributed by atoms with van der Waals surface area (Å²) >= 11 is 0. The molecule has 108 valence electrons. The van der Waals surface area contributed by atoms with E-state index in [9.17, 15) is 9.18 Å². The summed E-state index contributed by atoms with van der Waals surface area (Å²) in [4.78, 5) is 12.2. The SMILES string of the molecule is Cc1ccc(NC(=O)c2ccc3c(c2)CCCN3)c(F)c1. The standard InChI is InChI=1S/C17H17FN2O/c1-11-4-6-16(14(18)9-11)20-17(21)13-5-7-15-12(10-13)3-2-8-19-15/h4-7,9-10,19H,2-3,8H2,1H3,(H,20,21). The fourth-order valence-corrected chi connectivity index (χ4v) is 2.53. The molecule has 0 bridgehead atoms. The molecule has 0 saturated heterocycles. The van der Waals surface area contributed by atoms with E-state index in [2.05, 4.69) is 10.6 Å². The molecule has 21 heavy (non-hydrogen) atoms. The van der Waals surface area contributed by atoms with E-state index >= 15 is 0 Å². The number of carbonyl (C=O) groups is 1. The highest BCUT2D eigenvalue weighted by atomic mass is 19.1. The van der Waals surface area contributed by atoms with Gasteiger partial charge in [0.25, 0.3) is 5.91 Å². The number of halogens is 1. The van der Waals surface area contributed by atoms with Crippen LogP contribution in [0.5, 0.6) is 0 Å². The molecule has 0 saturated carbocycles. The van der Waals surface area contributed by atoms with Crippen molar-refractivity contribution in [2.75, 3.05) is 17.2 Å². The highest BCUT2D eigenvalue weighted by Crippen LogP contribution is 2.24. The number of carbonyl (C=O) groups excluding carboxylic acids is 1. The molecule has 1 aliphatic rings. The number of aryl methyl sites for hydroxylation is 2. The normalized spacial score (nSPS) is 13.2. The van der Waals surface area contributed by atoms with Gasteiger partial charge in [0.05, 0.1) is 5.69 Å². The Balaban J connectivity index is 1.82. The van der Waals surface area contributed by atoms with Crippen LogP contribution >= 0.6 is 0 Å². The van der Waals surface area contributed by atoms with Crippen molar-refractivity contribution in [3.8, 4) is 0 Å². The van der Waals surface area contributed by atoms with Gasteiger partial charge in [-0.05, 0) is 61.2 Å². The summed E-state index contributed by atoms with van der Waals surface area (Å²) in [5.41, 5.74) is 3.81. The molecule has 0 aliphatic carbocycles. The smallest absolute Gasteiger partial charge is 0.255 e. The largest absolute Gasteiger partial charge is 0.385 e. The second kappa shape index (κ2) is 5.56. The third-order valence-corrected chi connectivity index (χ3v) is 3.68. The van der Waals surface area contributed by atoms with Crippen LogP contribution in [-0.4, -0.2) is 12.5 Å². The third-order valence-electron chi connectivity index (χ3n) is 3.68. The summed E-state index contributed by atoms with van der Waals surface area (Å²) in [6.45, 7) is 2.78. The van der Waals surface area contributed by atoms with E-state index in [1.165, 1.54) is 6.07 Å². The molecule has 1 aliphatic heterocycles. The molecule has 0 unspecified atom stereocenters. The summed E-state index contributed by atoms with van der Waals surface area (Å²) in [5.74, 6) is -0.700. The van der Waals surface area contributed by atoms with Crippen molar-refractivity contribution in [2.45, 2.75) is 19.8 Å². The lowest BCUT2D eigenvalue weighted by atomic mass is 10.0. The van der Waals surface area contributed by atoms with Crippen LogP contribution in [0.15, 0.2) is 36.4 Å². The first-order chi connectivity index (χ1) is 10.1. The van der Waals surface area contributed by atoms with Gasteiger partial charge in [0, 0.05) is 17.8 Å². The Hall–Kier alpha value is -2.36. The minimum absolute atomic E-state index is 0.210. The Labute approximate surface area is 123 Å². The van der Waals surface area contributed by atoms with E-state index in [-0.39, 0.29) is 11.6 Å². The van der Waals surface area contributed by atoms with Crippen LogP contribution in [0.25, 0.3) is 0 Å². The number of hydrogen-bond acceptors (Lipinski definition) is 2. The maximum atomic E-state index is 13.8. The lowest BCUT2D eigenvalue weighted by molar-refractivity contribution is 0.102. The number of nitrogens with one attached hydrogen (secondary N) is 2. The average Bonchev–Trinajstić information content (AvgIpc) is 2.49. The van der Waals surface area contributed by atoms with Crippen LogP contribution in [0.2, 0.25) is 0 Å². The van der Waals surface area contributed by atoms with Crippen LogP contribution in [-0.2, 0) is 6.42 Å². The van der Waals surface area contributed by atoms with Gasteiger partial charge in [0.15, 0.2) is 0 Å². The Morgan fingerprint density at radius 2 is 2.10 bits per heavy atom. The maximum Gasteiger partial charge on any atom is 0.255 e. The number of benzene rings is 2. The lowest BCUT2D eigenvalue weighted by Crippen LogP contribution is -2.16. The highest BCUT2D eigenvalue weighted by Gasteiger charge is 2.13. The average molecular weight is 284 g/mol. The molecule has 4 heteroatoms. The van der Waals surface area contributed by atoms with Gasteiger partial charge in [-0.15, -0.1) is 0 Å². The van der Waals surface area contributed by atoms with Crippen molar-refractivity contribution in [2.24, 2.45) is 0 Å². The fraction of sp³-hybridized carbons (Fsp3) is 0.235. The van der Waals surface area contributed by atoms with Crippen LogP contribution in [0.3, 0.4) is 0 Å². The second-order valence-electron chi connectivity index (χ2n) is 5.34. The Morgan fingerprint density at radius 1 is 1.24 bits per heavy atom. The van der Waals surface area contributed by atoms with Gasteiger partial charge in [0.1, 0.15) is 5.82 Å². The molecule has 2 aromatic carbocycles. The van der Waals surface area contributed by atoms with Gasteiger partial charge in [-0.3, -0.25) is 4.79 Å². The minimum Gasteiger partial charge on any atom is -0.385 e. The van der Waals surface area contributed by atoms with Crippen LogP contribution in [0.4, 0.5) is 15.8 Å². The maximum absolute atomic E-state index is 13.8. The van der Waals surface area contributed by atoms with E-state index in [4.69, 9.17) is 0 Å². The van der Waals surface area contributed by atoms with Gasteiger partial charge < -0.3 is 10.6 Å². The molecule has 2 N–H and O–H groups in total. The van der Waals surface area contributed by atoms with Crippen molar-refractivity contribution in [1.82, 2.24) is 0 Å². The van der Waals surface area contributed by atoms with Crippen LogP contribution < -0.4 is 10.6 Å². The molecule has 0 radical (unpaired) electrons. The highest BCUT2D eigenvalue weighted by molar-refractivity contribution is 6.04. The summed E-state index contributed by atoms with van der Waals surface area (Å²) in [6, 6.07) is 10.3. The fourth-order valence-electron chi connectivity index (χ4n) is 2.53. The van der Waals surface area contributed by atoms with Gasteiger partial charge in [0.2, 0.25) is 0 Å². The van der Waals surface area contributed by atoms with Crippen molar-refractivity contribution in [3.05, 3.63) is 58.9 Å². The quantitative estimate of drug-likeness (QED) is 0.882. The summed E-state index contributed by atoms with van der Waals surface area (Å²) in [6.07, 6.45) is 2.02. The van der Waals surface area contributed by atoms with Crippen molar-refractivity contribution >= 4 is 17.3 Å². The molecule has 3 rings (SSSR count). The predicted molar refractivity (Wildman–Crippen MR) is 82.3 cm³/mol. The monoisotopic (exact) mass is 284 g/mol.